The largest absolute Gasteiger partial charge is 0.394 e. The van der Waals surface area contributed by atoms with Crippen LogP contribution in [0, 0.1) is 11.3 Å². The van der Waals surface area contributed by atoms with E-state index in [-0.39, 0.29) is 13.2 Å². The Morgan fingerprint density at radius 1 is 1.50 bits per heavy atom. The number of aliphatic hydroxyl groups is 1. The molecule has 0 saturated heterocycles. The van der Waals surface area contributed by atoms with Crippen molar-refractivity contribution >= 4 is 11.8 Å². The van der Waals surface area contributed by atoms with Crippen LogP contribution in [0.25, 0.3) is 0 Å². The van der Waals surface area contributed by atoms with Gasteiger partial charge in [-0.25, -0.2) is 0 Å². The Morgan fingerprint density at radius 3 is 2.57 bits per heavy atom. The first-order chi connectivity index (χ1) is 6.65. The molecule has 0 fully saturated rings. The van der Waals surface area contributed by atoms with E-state index in [1.807, 2.05) is 0 Å². The lowest BCUT2D eigenvalue weighted by Crippen LogP contribution is -2.45. The lowest BCUT2D eigenvalue weighted by Gasteiger charge is -2.12. The van der Waals surface area contributed by atoms with Gasteiger partial charge in [0.25, 0.3) is 0 Å². The van der Waals surface area contributed by atoms with Crippen LogP contribution in [0.3, 0.4) is 0 Å². The topological polar surface area (TPSA) is 102 Å². The molecule has 0 heterocycles. The van der Waals surface area contributed by atoms with Crippen LogP contribution in [-0.4, -0.2) is 36.1 Å². The van der Waals surface area contributed by atoms with Crippen molar-refractivity contribution in [2.24, 2.45) is 0 Å². The number of amides is 2. The van der Waals surface area contributed by atoms with Gasteiger partial charge in [0.15, 0.2) is 0 Å². The third-order valence-electron chi connectivity index (χ3n) is 1.58. The standard InChI is InChI=1S/C8H13N3O3/c1-2-6(5-12)11-8(14)7(13)10-4-3-9/h6,12H,2,4-5H2,1H3,(H,10,13)(H,11,14)/t6-/m0/s1. The summed E-state index contributed by atoms with van der Waals surface area (Å²) in [6.45, 7) is 1.35. The zero-order valence-electron chi connectivity index (χ0n) is 7.91. The Bertz CT molecular complexity index is 243. The number of carbonyl (C=O) groups is 2. The quantitative estimate of drug-likeness (QED) is 0.379. The van der Waals surface area contributed by atoms with E-state index in [2.05, 4.69) is 10.6 Å². The summed E-state index contributed by atoms with van der Waals surface area (Å²) in [5.41, 5.74) is 0. The SMILES string of the molecule is CC[C@@H](CO)NC(=O)C(=O)NCC#N. The molecule has 0 rings (SSSR count). The highest BCUT2D eigenvalue weighted by Gasteiger charge is 2.15. The lowest BCUT2D eigenvalue weighted by molar-refractivity contribution is -0.139. The van der Waals surface area contributed by atoms with Crippen molar-refractivity contribution < 1.29 is 14.7 Å². The molecule has 0 radical (unpaired) electrons. The van der Waals surface area contributed by atoms with Gasteiger partial charge in [-0.05, 0) is 6.42 Å². The molecular weight excluding hydrogens is 186 g/mol. The fourth-order valence-corrected chi connectivity index (χ4v) is 0.728. The third kappa shape index (κ3) is 4.42. The first kappa shape index (κ1) is 12.4. The van der Waals surface area contributed by atoms with Crippen molar-refractivity contribution in [3.05, 3.63) is 0 Å². The second-order valence-electron chi connectivity index (χ2n) is 2.60. The third-order valence-corrected chi connectivity index (χ3v) is 1.58. The van der Waals surface area contributed by atoms with Crippen LogP contribution in [0.15, 0.2) is 0 Å². The zero-order chi connectivity index (χ0) is 11.0. The minimum absolute atomic E-state index is 0.206. The van der Waals surface area contributed by atoms with Crippen LogP contribution in [0.4, 0.5) is 0 Å². The Kier molecular flexibility index (Phi) is 6.07. The van der Waals surface area contributed by atoms with Crippen LogP contribution < -0.4 is 10.6 Å². The van der Waals surface area contributed by atoms with Gasteiger partial charge < -0.3 is 15.7 Å². The van der Waals surface area contributed by atoms with Crippen LogP contribution in [-0.2, 0) is 9.59 Å². The van der Waals surface area contributed by atoms with Gasteiger partial charge >= 0.3 is 11.8 Å². The lowest BCUT2D eigenvalue weighted by atomic mass is 10.2. The van der Waals surface area contributed by atoms with Crippen molar-refractivity contribution in [1.82, 2.24) is 10.6 Å². The van der Waals surface area contributed by atoms with Crippen LogP contribution in [0.2, 0.25) is 0 Å². The number of nitrogens with one attached hydrogen (secondary N) is 2. The van der Waals surface area contributed by atoms with E-state index in [1.54, 1.807) is 13.0 Å². The van der Waals surface area contributed by atoms with Gasteiger partial charge in [0, 0.05) is 0 Å². The van der Waals surface area contributed by atoms with E-state index in [1.165, 1.54) is 0 Å². The van der Waals surface area contributed by atoms with Gasteiger partial charge in [-0.1, -0.05) is 6.92 Å². The van der Waals surface area contributed by atoms with E-state index < -0.39 is 17.9 Å². The zero-order valence-corrected chi connectivity index (χ0v) is 7.91. The molecule has 78 valence electrons. The Balaban J connectivity index is 3.95. The predicted molar refractivity (Wildman–Crippen MR) is 47.9 cm³/mol. The molecule has 6 nitrogen and oxygen atoms in total. The molecule has 14 heavy (non-hydrogen) atoms. The Hall–Kier alpha value is -1.61. The number of hydrogen-bond acceptors (Lipinski definition) is 4. The molecule has 0 aliphatic heterocycles. The maximum atomic E-state index is 11.0. The van der Waals surface area contributed by atoms with Crippen molar-refractivity contribution in [3.63, 3.8) is 0 Å². The van der Waals surface area contributed by atoms with Gasteiger partial charge in [0.2, 0.25) is 0 Å². The molecule has 0 aromatic heterocycles. The summed E-state index contributed by atoms with van der Waals surface area (Å²) in [5.74, 6) is -1.69. The van der Waals surface area contributed by atoms with Crippen LogP contribution in [0.5, 0.6) is 0 Å². The molecule has 6 heteroatoms. The molecule has 0 aliphatic carbocycles. The molecule has 0 aromatic carbocycles. The first-order valence-electron chi connectivity index (χ1n) is 4.22. The number of hydrogen-bond donors (Lipinski definition) is 3. The molecule has 0 spiro atoms. The van der Waals surface area contributed by atoms with Crippen molar-refractivity contribution in [2.45, 2.75) is 19.4 Å². The number of nitriles is 1. The summed E-state index contributed by atoms with van der Waals surface area (Å²) < 4.78 is 0. The summed E-state index contributed by atoms with van der Waals surface area (Å²) in [5, 5.41) is 21.3. The smallest absolute Gasteiger partial charge is 0.310 e. The Morgan fingerprint density at radius 2 is 2.14 bits per heavy atom. The monoisotopic (exact) mass is 199 g/mol. The molecule has 0 saturated carbocycles. The average molecular weight is 199 g/mol. The highest BCUT2D eigenvalue weighted by atomic mass is 16.3. The van der Waals surface area contributed by atoms with Gasteiger partial charge in [-0.2, -0.15) is 5.26 Å². The average Bonchev–Trinajstić information content (AvgIpc) is 2.21. The van der Waals surface area contributed by atoms with Crippen LogP contribution >= 0.6 is 0 Å². The Labute approximate surface area is 81.9 Å². The van der Waals surface area contributed by atoms with E-state index in [0.717, 1.165) is 0 Å². The molecule has 1 atom stereocenters. The van der Waals surface area contributed by atoms with Gasteiger partial charge in [0.1, 0.15) is 6.54 Å². The van der Waals surface area contributed by atoms with Crippen molar-refractivity contribution in [2.75, 3.05) is 13.2 Å². The maximum Gasteiger partial charge on any atom is 0.310 e. The van der Waals surface area contributed by atoms with Gasteiger partial charge in [-0.15, -0.1) is 0 Å². The number of rotatable bonds is 4. The number of carbonyl (C=O) groups excluding carboxylic acids is 2. The second-order valence-corrected chi connectivity index (χ2v) is 2.60. The van der Waals surface area contributed by atoms with E-state index in [9.17, 15) is 9.59 Å². The minimum atomic E-state index is -0.863. The molecule has 3 N–H and O–H groups in total. The fourth-order valence-electron chi connectivity index (χ4n) is 0.728. The molecule has 0 unspecified atom stereocenters. The maximum absolute atomic E-state index is 11.0. The number of aliphatic hydroxyl groups excluding tert-OH is 1. The summed E-state index contributed by atoms with van der Waals surface area (Å²) in [7, 11) is 0. The molecule has 2 amide bonds. The second kappa shape index (κ2) is 6.86. The first-order valence-corrected chi connectivity index (χ1v) is 4.22. The van der Waals surface area contributed by atoms with E-state index in [0.29, 0.717) is 6.42 Å². The molecule has 0 aromatic rings. The van der Waals surface area contributed by atoms with E-state index >= 15 is 0 Å². The molecular formula is C8H13N3O3. The molecule has 0 bridgehead atoms. The number of nitrogens with zero attached hydrogens (tertiary/aromatic N) is 1. The highest BCUT2D eigenvalue weighted by Crippen LogP contribution is 1.88. The summed E-state index contributed by atoms with van der Waals surface area (Å²) in [6, 6.07) is 1.25. The van der Waals surface area contributed by atoms with Crippen molar-refractivity contribution in [3.8, 4) is 6.07 Å². The van der Waals surface area contributed by atoms with Crippen LogP contribution in [0.1, 0.15) is 13.3 Å². The summed E-state index contributed by atoms with van der Waals surface area (Å²) >= 11 is 0. The normalized spacial score (nSPS) is 11.2. The van der Waals surface area contributed by atoms with Gasteiger partial charge in [0.05, 0.1) is 18.7 Å². The molecule has 0 aliphatic rings. The van der Waals surface area contributed by atoms with Gasteiger partial charge in [-0.3, -0.25) is 9.59 Å². The summed E-state index contributed by atoms with van der Waals surface area (Å²) in [4.78, 5) is 21.9. The fraction of sp³-hybridized carbons (Fsp3) is 0.625. The predicted octanol–water partition coefficient (Wildman–Crippen LogP) is -1.49. The van der Waals surface area contributed by atoms with E-state index in [4.69, 9.17) is 10.4 Å². The minimum Gasteiger partial charge on any atom is -0.394 e. The summed E-state index contributed by atoms with van der Waals surface area (Å²) in [6.07, 6.45) is 0.535. The highest BCUT2D eigenvalue weighted by molar-refractivity contribution is 6.35. The van der Waals surface area contributed by atoms with Crippen molar-refractivity contribution in [1.29, 1.82) is 5.26 Å².